The molecule has 4 rings (SSSR count). The van der Waals surface area contributed by atoms with Gasteiger partial charge in [-0.05, 0) is 42.9 Å². The van der Waals surface area contributed by atoms with Crippen LogP contribution in [0.5, 0.6) is 0 Å². The summed E-state index contributed by atoms with van der Waals surface area (Å²) in [5.74, 6) is 1.57. The monoisotopic (exact) mass is 456 g/mol. The molecule has 2 fully saturated rings. The van der Waals surface area contributed by atoms with Crippen molar-refractivity contribution < 1.29 is 4.79 Å². The Morgan fingerprint density at radius 1 is 1.23 bits per heavy atom. The molecule has 2 saturated heterocycles. The van der Waals surface area contributed by atoms with Gasteiger partial charge in [0.2, 0.25) is 0 Å². The number of piperidine rings is 1. The van der Waals surface area contributed by atoms with Gasteiger partial charge in [0, 0.05) is 25.8 Å². The van der Waals surface area contributed by atoms with Crippen LogP contribution in [0.4, 0.5) is 5.82 Å². The number of hydrogen-bond donors (Lipinski definition) is 0. The molecule has 2 atom stereocenters. The lowest BCUT2D eigenvalue weighted by Crippen LogP contribution is -2.40. The molecule has 2 aromatic heterocycles. The first kappa shape index (κ1) is 22.0. The Hall–Kier alpha value is -2.19. The van der Waals surface area contributed by atoms with Crippen LogP contribution in [0.2, 0.25) is 0 Å². The van der Waals surface area contributed by atoms with Crippen molar-refractivity contribution >= 4 is 51.7 Å². The van der Waals surface area contributed by atoms with Gasteiger partial charge in [0.05, 0.1) is 10.5 Å². The molecule has 31 heavy (non-hydrogen) atoms. The number of carbonyl (C=O) groups is 1. The van der Waals surface area contributed by atoms with E-state index in [4.69, 9.17) is 17.2 Å². The quantitative estimate of drug-likeness (QED) is 0.497. The van der Waals surface area contributed by atoms with E-state index in [1.165, 1.54) is 11.8 Å². The number of hydrogen-bond acceptors (Lipinski definition) is 6. The van der Waals surface area contributed by atoms with Gasteiger partial charge in [0.25, 0.3) is 11.5 Å². The molecule has 2 aliphatic heterocycles. The summed E-state index contributed by atoms with van der Waals surface area (Å²) >= 11 is 6.71. The van der Waals surface area contributed by atoms with Gasteiger partial charge in [-0.15, -0.1) is 0 Å². The van der Waals surface area contributed by atoms with Gasteiger partial charge in [-0.2, -0.15) is 0 Å². The molecule has 0 spiro atoms. The van der Waals surface area contributed by atoms with Crippen LogP contribution in [0.3, 0.4) is 0 Å². The molecule has 2 aromatic rings. The van der Waals surface area contributed by atoms with Crippen LogP contribution in [-0.4, -0.2) is 44.1 Å². The van der Waals surface area contributed by atoms with Crippen molar-refractivity contribution in [2.45, 2.75) is 40.0 Å². The number of nitrogens with zero attached hydrogens (tertiary/aromatic N) is 4. The minimum absolute atomic E-state index is 0.118. The molecule has 4 heterocycles. The van der Waals surface area contributed by atoms with Gasteiger partial charge < -0.3 is 4.90 Å². The third-order valence-electron chi connectivity index (χ3n) is 5.80. The molecule has 0 bridgehead atoms. The van der Waals surface area contributed by atoms with Crippen molar-refractivity contribution in [1.29, 1.82) is 0 Å². The second kappa shape index (κ2) is 9.12. The standard InChI is InChI=1S/C23H28N4O2S2/c1-4-5-9-27-22(29)18(31-23(27)30)12-17-20(25-13-15(2)11-16(3)14-25)24-19-8-6-7-10-26(19)21(17)28/h6-8,10,12,15-16H,4-5,9,11,13-14H2,1-3H3/b18-12-/t15-,16-/m0/s1. The molecular weight excluding hydrogens is 428 g/mol. The Bertz CT molecular complexity index is 1100. The summed E-state index contributed by atoms with van der Waals surface area (Å²) in [6.07, 6.45) is 6.48. The van der Waals surface area contributed by atoms with E-state index in [0.29, 0.717) is 44.6 Å². The lowest BCUT2D eigenvalue weighted by molar-refractivity contribution is -0.122. The minimum atomic E-state index is -0.162. The van der Waals surface area contributed by atoms with Crippen LogP contribution in [0, 0.1) is 11.8 Å². The van der Waals surface area contributed by atoms with Crippen LogP contribution in [-0.2, 0) is 4.79 Å². The van der Waals surface area contributed by atoms with E-state index in [-0.39, 0.29) is 11.5 Å². The molecule has 8 heteroatoms. The van der Waals surface area contributed by atoms with Gasteiger partial charge in [-0.1, -0.05) is 57.2 Å². The summed E-state index contributed by atoms with van der Waals surface area (Å²) in [6.45, 7) is 8.85. The predicted molar refractivity (Wildman–Crippen MR) is 131 cm³/mol. The topological polar surface area (TPSA) is 57.9 Å². The molecular formula is C23H28N4O2S2. The van der Waals surface area contributed by atoms with Gasteiger partial charge >= 0.3 is 0 Å². The molecule has 164 valence electrons. The van der Waals surface area contributed by atoms with Gasteiger partial charge in [-0.25, -0.2) is 4.98 Å². The maximum absolute atomic E-state index is 13.5. The number of amides is 1. The van der Waals surface area contributed by atoms with E-state index in [2.05, 4.69) is 25.7 Å². The van der Waals surface area contributed by atoms with Crippen molar-refractivity contribution in [1.82, 2.24) is 14.3 Å². The number of pyridine rings is 1. The number of thioether (sulfide) groups is 1. The smallest absolute Gasteiger partial charge is 0.267 e. The number of rotatable bonds is 5. The second-order valence-electron chi connectivity index (χ2n) is 8.62. The van der Waals surface area contributed by atoms with Crippen molar-refractivity contribution in [2.24, 2.45) is 11.8 Å². The Morgan fingerprint density at radius 3 is 2.68 bits per heavy atom. The summed E-state index contributed by atoms with van der Waals surface area (Å²) < 4.78 is 2.10. The third-order valence-corrected chi connectivity index (χ3v) is 7.18. The van der Waals surface area contributed by atoms with Crippen LogP contribution < -0.4 is 10.5 Å². The molecule has 0 unspecified atom stereocenters. The number of aromatic nitrogens is 2. The number of anilines is 1. The van der Waals surface area contributed by atoms with E-state index in [1.807, 2.05) is 18.2 Å². The van der Waals surface area contributed by atoms with Gasteiger partial charge in [0.1, 0.15) is 15.8 Å². The van der Waals surface area contributed by atoms with E-state index in [9.17, 15) is 9.59 Å². The average molecular weight is 457 g/mol. The summed E-state index contributed by atoms with van der Waals surface area (Å²) in [4.78, 5) is 35.7. The Labute approximate surface area is 192 Å². The molecule has 1 amide bonds. The Kier molecular flexibility index (Phi) is 6.48. The predicted octanol–water partition coefficient (Wildman–Crippen LogP) is 4.18. The van der Waals surface area contributed by atoms with Crippen LogP contribution in [0.1, 0.15) is 45.6 Å². The minimum Gasteiger partial charge on any atom is -0.355 e. The lowest BCUT2D eigenvalue weighted by atomic mass is 9.91. The molecule has 0 aromatic carbocycles. The maximum atomic E-state index is 13.5. The molecule has 6 nitrogen and oxygen atoms in total. The van der Waals surface area contributed by atoms with Crippen molar-refractivity contribution in [3.8, 4) is 0 Å². The van der Waals surface area contributed by atoms with Crippen LogP contribution in [0.25, 0.3) is 11.7 Å². The zero-order valence-electron chi connectivity index (χ0n) is 18.2. The van der Waals surface area contributed by atoms with E-state index in [1.54, 1.807) is 21.6 Å². The fourth-order valence-corrected chi connectivity index (χ4v) is 5.72. The first-order valence-electron chi connectivity index (χ1n) is 10.9. The molecule has 2 aliphatic rings. The van der Waals surface area contributed by atoms with Crippen molar-refractivity contribution in [3.63, 3.8) is 0 Å². The average Bonchev–Trinajstić information content (AvgIpc) is 3.00. The molecule has 0 aliphatic carbocycles. The fraction of sp³-hybridized carbons (Fsp3) is 0.478. The normalized spacial score (nSPS) is 23.4. The zero-order valence-corrected chi connectivity index (χ0v) is 19.8. The maximum Gasteiger partial charge on any atom is 0.267 e. The van der Waals surface area contributed by atoms with Crippen LogP contribution in [0.15, 0.2) is 34.1 Å². The lowest BCUT2D eigenvalue weighted by Gasteiger charge is -2.36. The zero-order chi connectivity index (χ0) is 22.1. The highest BCUT2D eigenvalue weighted by Gasteiger charge is 2.33. The first-order chi connectivity index (χ1) is 14.9. The Morgan fingerprint density at radius 2 is 1.97 bits per heavy atom. The summed E-state index contributed by atoms with van der Waals surface area (Å²) in [7, 11) is 0. The first-order valence-corrected chi connectivity index (χ1v) is 12.1. The number of unbranched alkanes of at least 4 members (excludes halogenated alkanes) is 1. The number of thiocarbonyl (C=S) groups is 1. The van der Waals surface area contributed by atoms with Crippen molar-refractivity contribution in [2.75, 3.05) is 24.5 Å². The van der Waals surface area contributed by atoms with E-state index < -0.39 is 0 Å². The largest absolute Gasteiger partial charge is 0.355 e. The van der Waals surface area contributed by atoms with Gasteiger partial charge in [0.15, 0.2) is 0 Å². The summed E-state index contributed by atoms with van der Waals surface area (Å²) in [5, 5.41) is 0. The highest BCUT2D eigenvalue weighted by molar-refractivity contribution is 8.26. The fourth-order valence-electron chi connectivity index (χ4n) is 4.43. The molecule has 0 radical (unpaired) electrons. The summed E-state index contributed by atoms with van der Waals surface area (Å²) in [6, 6.07) is 5.54. The number of carbonyl (C=O) groups excluding carboxylic acids is 1. The molecule has 0 saturated carbocycles. The highest BCUT2D eigenvalue weighted by atomic mass is 32.2. The second-order valence-corrected chi connectivity index (χ2v) is 10.3. The van der Waals surface area contributed by atoms with Crippen LogP contribution >= 0.6 is 24.0 Å². The number of fused-ring (bicyclic) bond motifs is 1. The highest BCUT2D eigenvalue weighted by Crippen LogP contribution is 2.34. The molecule has 0 N–H and O–H groups in total. The Balaban J connectivity index is 1.82. The third kappa shape index (κ3) is 4.41. The van der Waals surface area contributed by atoms with E-state index >= 15 is 0 Å². The van der Waals surface area contributed by atoms with Crippen molar-refractivity contribution in [3.05, 3.63) is 45.2 Å². The van der Waals surface area contributed by atoms with E-state index in [0.717, 1.165) is 32.4 Å². The summed E-state index contributed by atoms with van der Waals surface area (Å²) in [5.41, 5.74) is 0.910. The SMILES string of the molecule is CCCCN1C(=O)/C(=C/c2c(N3C[C@@H](C)C[C@H](C)C3)nc3ccccn3c2=O)SC1=S. The van der Waals surface area contributed by atoms with Gasteiger partial charge in [-0.3, -0.25) is 18.9 Å².